The molecule has 192 valence electrons. The second-order valence-corrected chi connectivity index (χ2v) is 8.66. The van der Waals surface area contributed by atoms with Gasteiger partial charge in [0.15, 0.2) is 11.6 Å². The van der Waals surface area contributed by atoms with E-state index in [1.807, 2.05) is 0 Å². The number of nitrogens with one attached hydrogen (secondary N) is 1. The Hall–Kier alpha value is -2.83. The number of likely N-dealkylation sites (N-methyl/N-ethyl adjacent to an activating group) is 1. The number of halogens is 5. The molecule has 0 spiro atoms. The number of aliphatic hydroxyl groups excluding tert-OH is 2. The van der Waals surface area contributed by atoms with Gasteiger partial charge in [-0.05, 0) is 38.1 Å². The van der Waals surface area contributed by atoms with Crippen LogP contribution in [-0.4, -0.2) is 64.5 Å². The number of carbonyl (C=O) groups excluding carboxylic acids is 1. The van der Waals surface area contributed by atoms with Crippen molar-refractivity contribution in [1.82, 2.24) is 9.88 Å². The van der Waals surface area contributed by atoms with Gasteiger partial charge < -0.3 is 20.3 Å². The molecule has 2 aromatic rings. The van der Waals surface area contributed by atoms with Crippen LogP contribution >= 0.6 is 0 Å². The highest BCUT2D eigenvalue weighted by Gasteiger charge is 2.67. The molecular formula is C23H26F5N3O4. The van der Waals surface area contributed by atoms with E-state index in [1.165, 1.54) is 25.3 Å². The quantitative estimate of drug-likeness (QED) is 0.524. The molecule has 1 fully saturated rings. The standard InChI is InChI=1S/C23H26F5N3O4/c1-11-17(13-6-7-14(24)18(25)20(13)35-4)19(31(3)22(11,2)23(26,27)28)21(34)30-12-5-8-15(29-9-12)16(33)10-32/h5-9,11,16-17,19,32-33H,10H2,1-4H3,(H,30,34)/t11-,16+,17-,19+,22+/m0/s1. The van der Waals surface area contributed by atoms with E-state index in [0.717, 1.165) is 38.1 Å². The third-order valence-corrected chi connectivity index (χ3v) is 6.97. The van der Waals surface area contributed by atoms with Gasteiger partial charge in [0.05, 0.1) is 37.3 Å². The molecule has 1 aromatic heterocycles. The Labute approximate surface area is 198 Å². The van der Waals surface area contributed by atoms with Crippen LogP contribution in [0.3, 0.4) is 0 Å². The summed E-state index contributed by atoms with van der Waals surface area (Å²) in [7, 11) is 2.22. The van der Waals surface area contributed by atoms with Gasteiger partial charge in [-0.25, -0.2) is 4.39 Å². The molecule has 2 heterocycles. The van der Waals surface area contributed by atoms with Crippen LogP contribution < -0.4 is 10.1 Å². The van der Waals surface area contributed by atoms with Gasteiger partial charge >= 0.3 is 6.18 Å². The first kappa shape index (κ1) is 26.8. The molecule has 7 nitrogen and oxygen atoms in total. The maximum atomic E-state index is 14.5. The van der Waals surface area contributed by atoms with Crippen molar-refractivity contribution in [2.24, 2.45) is 5.92 Å². The van der Waals surface area contributed by atoms with Crippen molar-refractivity contribution in [2.75, 3.05) is 26.1 Å². The van der Waals surface area contributed by atoms with E-state index >= 15 is 0 Å². The minimum atomic E-state index is -4.76. The monoisotopic (exact) mass is 503 g/mol. The predicted molar refractivity (Wildman–Crippen MR) is 116 cm³/mol. The summed E-state index contributed by atoms with van der Waals surface area (Å²) in [5, 5.41) is 21.2. The summed E-state index contributed by atoms with van der Waals surface area (Å²) in [5.74, 6) is -6.48. The maximum absolute atomic E-state index is 14.5. The predicted octanol–water partition coefficient (Wildman–Crippen LogP) is 3.39. The molecule has 3 rings (SSSR count). The van der Waals surface area contributed by atoms with Crippen molar-refractivity contribution in [3.63, 3.8) is 0 Å². The van der Waals surface area contributed by atoms with E-state index < -0.39 is 65.6 Å². The van der Waals surface area contributed by atoms with Crippen LogP contribution in [0.5, 0.6) is 5.75 Å². The number of rotatable bonds is 6. The van der Waals surface area contributed by atoms with Crippen molar-refractivity contribution in [3.05, 3.63) is 53.4 Å². The molecule has 1 aromatic carbocycles. The first-order valence-corrected chi connectivity index (χ1v) is 10.7. The first-order chi connectivity index (χ1) is 16.3. The molecule has 1 saturated heterocycles. The van der Waals surface area contributed by atoms with Crippen molar-refractivity contribution in [2.45, 2.75) is 43.6 Å². The molecule has 0 aliphatic carbocycles. The molecular weight excluding hydrogens is 477 g/mol. The van der Waals surface area contributed by atoms with Crippen molar-refractivity contribution < 1.29 is 41.7 Å². The van der Waals surface area contributed by atoms with Crippen molar-refractivity contribution >= 4 is 11.6 Å². The number of carbonyl (C=O) groups is 1. The highest BCUT2D eigenvalue weighted by atomic mass is 19.4. The van der Waals surface area contributed by atoms with E-state index in [0.29, 0.717) is 0 Å². The number of anilines is 1. The highest BCUT2D eigenvalue weighted by molar-refractivity contribution is 5.96. The third kappa shape index (κ3) is 4.45. The van der Waals surface area contributed by atoms with E-state index in [4.69, 9.17) is 9.84 Å². The zero-order valence-corrected chi connectivity index (χ0v) is 19.4. The van der Waals surface area contributed by atoms with Gasteiger partial charge in [0.25, 0.3) is 0 Å². The number of pyridine rings is 1. The molecule has 0 unspecified atom stereocenters. The van der Waals surface area contributed by atoms with Gasteiger partial charge in [-0.3, -0.25) is 14.7 Å². The molecule has 1 aliphatic rings. The SMILES string of the molecule is COc1c([C@H]2[C@H](C(=O)Nc3ccc([C@H](O)CO)nc3)N(C)[C@@](C)(C(F)(F)F)[C@H]2C)ccc(F)c1F. The molecule has 0 bridgehead atoms. The number of hydrogen-bond acceptors (Lipinski definition) is 6. The molecule has 0 radical (unpaired) electrons. The smallest absolute Gasteiger partial charge is 0.406 e. The number of hydrogen-bond donors (Lipinski definition) is 3. The summed E-state index contributed by atoms with van der Waals surface area (Å²) in [6.07, 6.45) is -4.82. The Bertz CT molecular complexity index is 1080. The number of ether oxygens (including phenoxy) is 1. The zero-order chi connectivity index (χ0) is 26.3. The Morgan fingerprint density at radius 1 is 1.29 bits per heavy atom. The maximum Gasteiger partial charge on any atom is 0.406 e. The van der Waals surface area contributed by atoms with Crippen LogP contribution in [0.4, 0.5) is 27.6 Å². The zero-order valence-electron chi connectivity index (χ0n) is 19.4. The topological polar surface area (TPSA) is 94.9 Å². The minimum absolute atomic E-state index is 0.0709. The van der Waals surface area contributed by atoms with Crippen LogP contribution in [0.15, 0.2) is 30.5 Å². The largest absolute Gasteiger partial charge is 0.493 e. The summed E-state index contributed by atoms with van der Waals surface area (Å²) in [6, 6.07) is 3.17. The molecule has 12 heteroatoms. The fraction of sp³-hybridized carbons (Fsp3) is 0.478. The van der Waals surface area contributed by atoms with Crippen LogP contribution in [-0.2, 0) is 4.79 Å². The summed E-state index contributed by atoms with van der Waals surface area (Å²) < 4.78 is 76.2. The third-order valence-electron chi connectivity index (χ3n) is 6.97. The Balaban J connectivity index is 2.07. The summed E-state index contributed by atoms with van der Waals surface area (Å²) in [5.41, 5.74) is -2.30. The number of nitrogens with zero attached hydrogens (tertiary/aromatic N) is 2. The van der Waals surface area contributed by atoms with Gasteiger partial charge in [-0.1, -0.05) is 13.0 Å². The summed E-state index contributed by atoms with van der Waals surface area (Å²) >= 11 is 0. The lowest BCUT2D eigenvalue weighted by Gasteiger charge is -2.38. The van der Waals surface area contributed by atoms with E-state index in [9.17, 15) is 31.9 Å². The Morgan fingerprint density at radius 3 is 2.46 bits per heavy atom. The lowest BCUT2D eigenvalue weighted by atomic mass is 9.76. The summed E-state index contributed by atoms with van der Waals surface area (Å²) in [6.45, 7) is 1.68. The lowest BCUT2D eigenvalue weighted by Crippen LogP contribution is -2.57. The lowest BCUT2D eigenvalue weighted by molar-refractivity contribution is -0.227. The molecule has 1 aliphatic heterocycles. The molecule has 35 heavy (non-hydrogen) atoms. The summed E-state index contributed by atoms with van der Waals surface area (Å²) in [4.78, 5) is 18.2. The van der Waals surface area contributed by atoms with Gasteiger partial charge in [0.2, 0.25) is 11.7 Å². The van der Waals surface area contributed by atoms with E-state index in [1.54, 1.807) is 0 Å². The van der Waals surface area contributed by atoms with Gasteiger partial charge in [0, 0.05) is 11.5 Å². The van der Waals surface area contributed by atoms with Crippen molar-refractivity contribution in [3.8, 4) is 5.75 Å². The fourth-order valence-electron chi connectivity index (χ4n) is 4.71. The molecule has 3 N–H and O–H groups in total. The average molecular weight is 503 g/mol. The number of likely N-dealkylation sites (tertiary alicyclic amines) is 1. The normalized spacial score (nSPS) is 26.0. The number of aromatic nitrogens is 1. The van der Waals surface area contributed by atoms with Crippen molar-refractivity contribution in [1.29, 1.82) is 0 Å². The number of alkyl halides is 3. The van der Waals surface area contributed by atoms with Crippen LogP contribution in [0.25, 0.3) is 0 Å². The van der Waals surface area contributed by atoms with Crippen LogP contribution in [0, 0.1) is 17.6 Å². The molecule has 5 atom stereocenters. The van der Waals surface area contributed by atoms with E-state index in [-0.39, 0.29) is 16.9 Å². The fourth-order valence-corrected chi connectivity index (χ4v) is 4.71. The van der Waals surface area contributed by atoms with Crippen LogP contribution in [0.2, 0.25) is 0 Å². The number of aliphatic hydroxyl groups is 2. The highest BCUT2D eigenvalue weighted by Crippen LogP contribution is 2.55. The molecule has 0 saturated carbocycles. The van der Waals surface area contributed by atoms with Gasteiger partial charge in [0.1, 0.15) is 11.6 Å². The average Bonchev–Trinajstić information content (AvgIpc) is 3.02. The Kier molecular flexibility index (Phi) is 7.39. The number of methoxy groups -OCH3 is 1. The molecule has 1 amide bonds. The Morgan fingerprint density at radius 2 is 1.94 bits per heavy atom. The van der Waals surface area contributed by atoms with Gasteiger partial charge in [-0.15, -0.1) is 0 Å². The first-order valence-electron chi connectivity index (χ1n) is 10.7. The van der Waals surface area contributed by atoms with Crippen LogP contribution in [0.1, 0.15) is 37.1 Å². The van der Waals surface area contributed by atoms with E-state index in [2.05, 4.69) is 10.3 Å². The second kappa shape index (κ2) is 9.67. The number of benzene rings is 1. The second-order valence-electron chi connectivity index (χ2n) is 8.66. The van der Waals surface area contributed by atoms with Gasteiger partial charge in [-0.2, -0.15) is 17.6 Å². The number of amides is 1. The minimum Gasteiger partial charge on any atom is -0.493 e.